The van der Waals surface area contributed by atoms with Gasteiger partial charge in [-0.15, -0.1) is 0 Å². The monoisotopic (exact) mass is 345 g/mol. The van der Waals surface area contributed by atoms with E-state index >= 15 is 0 Å². The third-order valence-electron chi connectivity index (χ3n) is 3.96. The van der Waals surface area contributed by atoms with E-state index in [2.05, 4.69) is 25.6 Å². The molecule has 2 rings (SSSR count). The third kappa shape index (κ3) is 4.50. The van der Waals surface area contributed by atoms with E-state index in [1.54, 1.807) is 19.1 Å². The molecule has 0 unspecified atom stereocenters. The maximum Gasteiger partial charge on any atom is 0.267 e. The summed E-state index contributed by atoms with van der Waals surface area (Å²) in [6.45, 7) is 7.49. The number of anilines is 1. The first kappa shape index (κ1) is 18.3. The number of phenolic OH excluding ortho intramolecular Hbond substituents is 1. The SMILES string of the molecule is CCN(CC)c1ccc(C=NNC(=O)Cc2c(C)[nH][nH]c2=O)c(O)c1. The average Bonchev–Trinajstić information content (AvgIpc) is 2.90. The van der Waals surface area contributed by atoms with Crippen molar-refractivity contribution in [3.63, 3.8) is 0 Å². The van der Waals surface area contributed by atoms with Crippen molar-refractivity contribution in [1.29, 1.82) is 0 Å². The van der Waals surface area contributed by atoms with E-state index < -0.39 is 5.91 Å². The average molecular weight is 345 g/mol. The van der Waals surface area contributed by atoms with Gasteiger partial charge in [0.1, 0.15) is 5.75 Å². The second-order valence-electron chi connectivity index (χ2n) is 5.57. The van der Waals surface area contributed by atoms with Crippen LogP contribution in [0.15, 0.2) is 28.1 Å². The molecule has 0 aliphatic rings. The van der Waals surface area contributed by atoms with Crippen LogP contribution in [0.25, 0.3) is 0 Å². The van der Waals surface area contributed by atoms with Crippen LogP contribution < -0.4 is 15.9 Å². The van der Waals surface area contributed by atoms with Gasteiger partial charge in [-0.25, -0.2) is 5.43 Å². The smallest absolute Gasteiger partial charge is 0.267 e. The summed E-state index contributed by atoms with van der Waals surface area (Å²) >= 11 is 0. The van der Waals surface area contributed by atoms with Crippen LogP contribution in [0.5, 0.6) is 5.75 Å². The lowest BCUT2D eigenvalue weighted by molar-refractivity contribution is -0.120. The molecule has 0 saturated carbocycles. The molecule has 1 heterocycles. The van der Waals surface area contributed by atoms with Gasteiger partial charge >= 0.3 is 0 Å². The van der Waals surface area contributed by atoms with Gasteiger partial charge < -0.3 is 15.1 Å². The highest BCUT2D eigenvalue weighted by Gasteiger charge is 2.11. The van der Waals surface area contributed by atoms with Gasteiger partial charge in [-0.1, -0.05) is 0 Å². The van der Waals surface area contributed by atoms with Crippen LogP contribution in [0, 0.1) is 6.92 Å². The Morgan fingerprint density at radius 3 is 2.60 bits per heavy atom. The van der Waals surface area contributed by atoms with Crippen molar-refractivity contribution in [3.8, 4) is 5.75 Å². The fourth-order valence-corrected chi connectivity index (χ4v) is 2.49. The van der Waals surface area contributed by atoms with Crippen molar-refractivity contribution >= 4 is 17.8 Å². The standard InChI is InChI=1S/C17H23N5O3/c1-4-22(5-2)13-7-6-12(15(23)8-13)10-18-20-16(24)9-14-11(3)19-21-17(14)25/h6-8,10,23H,4-5,9H2,1-3H3,(H,20,24)(H2,19,21,25). The molecule has 4 N–H and O–H groups in total. The van der Waals surface area contributed by atoms with Crippen LogP contribution in [-0.4, -0.2) is 40.5 Å². The molecule has 0 bridgehead atoms. The van der Waals surface area contributed by atoms with Crippen molar-refractivity contribution < 1.29 is 9.90 Å². The zero-order valence-electron chi connectivity index (χ0n) is 14.6. The van der Waals surface area contributed by atoms with Gasteiger partial charge in [-0.05, 0) is 32.9 Å². The van der Waals surface area contributed by atoms with E-state index in [0.717, 1.165) is 18.8 Å². The molecular weight excluding hydrogens is 322 g/mol. The third-order valence-corrected chi connectivity index (χ3v) is 3.96. The number of benzene rings is 1. The topological polar surface area (TPSA) is 114 Å². The molecule has 8 heteroatoms. The first-order valence-corrected chi connectivity index (χ1v) is 8.12. The Morgan fingerprint density at radius 2 is 2.04 bits per heavy atom. The van der Waals surface area contributed by atoms with Crippen molar-refractivity contribution in [3.05, 3.63) is 45.4 Å². The van der Waals surface area contributed by atoms with Gasteiger partial charge in [-0.2, -0.15) is 5.10 Å². The number of nitrogens with zero attached hydrogens (tertiary/aromatic N) is 2. The van der Waals surface area contributed by atoms with E-state index in [9.17, 15) is 14.7 Å². The molecule has 0 saturated heterocycles. The molecule has 0 atom stereocenters. The predicted octanol–water partition coefficient (Wildman–Crippen LogP) is 1.26. The molecule has 25 heavy (non-hydrogen) atoms. The van der Waals surface area contributed by atoms with Crippen LogP contribution in [0.2, 0.25) is 0 Å². The molecule has 0 fully saturated rings. The second-order valence-corrected chi connectivity index (χ2v) is 5.57. The highest BCUT2D eigenvalue weighted by atomic mass is 16.3. The number of phenols is 1. The molecule has 0 radical (unpaired) electrons. The largest absolute Gasteiger partial charge is 0.507 e. The van der Waals surface area contributed by atoms with E-state index in [1.807, 2.05) is 19.9 Å². The summed E-state index contributed by atoms with van der Waals surface area (Å²) in [6.07, 6.45) is 1.29. The molecule has 8 nitrogen and oxygen atoms in total. The lowest BCUT2D eigenvalue weighted by atomic mass is 10.2. The van der Waals surface area contributed by atoms with Crippen molar-refractivity contribution in [1.82, 2.24) is 15.6 Å². The van der Waals surface area contributed by atoms with Gasteiger partial charge in [0.25, 0.3) is 5.56 Å². The number of aromatic amines is 2. The number of hydrazone groups is 1. The molecule has 134 valence electrons. The summed E-state index contributed by atoms with van der Waals surface area (Å²) in [5.74, 6) is -0.330. The minimum atomic E-state index is -0.413. The lowest BCUT2D eigenvalue weighted by Crippen LogP contribution is -2.23. The molecular formula is C17H23N5O3. The van der Waals surface area contributed by atoms with Crippen LogP contribution in [0.3, 0.4) is 0 Å². The summed E-state index contributed by atoms with van der Waals surface area (Å²) < 4.78 is 0. The van der Waals surface area contributed by atoms with Gasteiger partial charge in [0.15, 0.2) is 0 Å². The summed E-state index contributed by atoms with van der Waals surface area (Å²) in [6, 6.07) is 5.29. The van der Waals surface area contributed by atoms with Gasteiger partial charge in [0.05, 0.1) is 12.6 Å². The number of aromatic nitrogens is 2. The lowest BCUT2D eigenvalue weighted by Gasteiger charge is -2.21. The quantitative estimate of drug-likeness (QED) is 0.447. The number of hydrogen-bond donors (Lipinski definition) is 4. The van der Waals surface area contributed by atoms with Gasteiger partial charge in [0, 0.05) is 41.7 Å². The number of aryl methyl sites for hydroxylation is 1. The maximum absolute atomic E-state index is 11.9. The first-order valence-electron chi connectivity index (χ1n) is 8.12. The normalized spacial score (nSPS) is 11.0. The fourth-order valence-electron chi connectivity index (χ4n) is 2.49. The minimum Gasteiger partial charge on any atom is -0.507 e. The van der Waals surface area contributed by atoms with Gasteiger partial charge in [-0.3, -0.25) is 14.7 Å². The number of amides is 1. The van der Waals surface area contributed by atoms with E-state index in [0.29, 0.717) is 16.8 Å². The summed E-state index contributed by atoms with van der Waals surface area (Å²) in [5.41, 5.74) is 4.44. The maximum atomic E-state index is 11.9. The Labute approximate surface area is 145 Å². The summed E-state index contributed by atoms with van der Waals surface area (Å²) in [7, 11) is 0. The highest BCUT2D eigenvalue weighted by Crippen LogP contribution is 2.23. The zero-order valence-corrected chi connectivity index (χ0v) is 14.6. The fraction of sp³-hybridized carbons (Fsp3) is 0.353. The molecule has 0 aliphatic carbocycles. The first-order chi connectivity index (χ1) is 12.0. The van der Waals surface area contributed by atoms with E-state index in [-0.39, 0.29) is 17.7 Å². The van der Waals surface area contributed by atoms with Crippen LogP contribution in [0.1, 0.15) is 30.7 Å². The molecule has 0 spiro atoms. The van der Waals surface area contributed by atoms with Crippen LogP contribution >= 0.6 is 0 Å². The number of hydrogen-bond acceptors (Lipinski definition) is 5. The number of carbonyl (C=O) groups excluding carboxylic acids is 1. The zero-order chi connectivity index (χ0) is 18.4. The van der Waals surface area contributed by atoms with Crippen LogP contribution in [0.4, 0.5) is 5.69 Å². The van der Waals surface area contributed by atoms with Gasteiger partial charge in [0.2, 0.25) is 5.91 Å². The van der Waals surface area contributed by atoms with Crippen molar-refractivity contribution in [2.45, 2.75) is 27.2 Å². The Bertz CT molecular complexity index is 818. The molecule has 1 aromatic heterocycles. The molecule has 1 amide bonds. The minimum absolute atomic E-state index is 0.0745. The van der Waals surface area contributed by atoms with Crippen LogP contribution in [-0.2, 0) is 11.2 Å². The Balaban J connectivity index is 2.00. The molecule has 0 aliphatic heterocycles. The highest BCUT2D eigenvalue weighted by molar-refractivity contribution is 5.86. The summed E-state index contributed by atoms with van der Waals surface area (Å²) in [5, 5.41) is 19.0. The second kappa shape index (κ2) is 8.18. The Kier molecular flexibility index (Phi) is 5.99. The number of rotatable bonds is 7. The molecule has 2 aromatic rings. The molecule has 1 aromatic carbocycles. The number of nitrogens with one attached hydrogen (secondary N) is 3. The number of carbonyl (C=O) groups is 1. The number of aromatic hydroxyl groups is 1. The number of H-pyrrole nitrogens is 2. The Morgan fingerprint density at radius 1 is 1.32 bits per heavy atom. The summed E-state index contributed by atoms with van der Waals surface area (Å²) in [4.78, 5) is 25.5. The van der Waals surface area contributed by atoms with Crippen molar-refractivity contribution in [2.24, 2.45) is 5.10 Å². The van der Waals surface area contributed by atoms with Crippen molar-refractivity contribution in [2.75, 3.05) is 18.0 Å². The van der Waals surface area contributed by atoms with E-state index in [1.165, 1.54) is 6.21 Å². The predicted molar refractivity (Wildman–Crippen MR) is 97.3 cm³/mol. The van der Waals surface area contributed by atoms with E-state index in [4.69, 9.17) is 0 Å². The Hall–Kier alpha value is -3.03.